The first-order valence-corrected chi connectivity index (χ1v) is 7.64. The summed E-state index contributed by atoms with van der Waals surface area (Å²) in [6, 6.07) is 6.21. The zero-order valence-corrected chi connectivity index (χ0v) is 13.5. The van der Waals surface area contributed by atoms with Gasteiger partial charge in [-0.05, 0) is 53.0 Å². The van der Waals surface area contributed by atoms with E-state index in [1.54, 1.807) is 7.11 Å². The molecule has 0 aliphatic carbocycles. The molecule has 2 rings (SSSR count). The maximum Gasteiger partial charge on any atom is 0.133 e. The van der Waals surface area contributed by atoms with Crippen molar-refractivity contribution >= 4 is 33.1 Å². The summed E-state index contributed by atoms with van der Waals surface area (Å²) in [7, 11) is 1.68. The molecule has 19 heavy (non-hydrogen) atoms. The van der Waals surface area contributed by atoms with Gasteiger partial charge in [0.05, 0.1) is 16.6 Å². The van der Waals surface area contributed by atoms with Crippen molar-refractivity contribution in [2.45, 2.75) is 19.4 Å². The highest BCUT2D eigenvalue weighted by Gasteiger charge is 2.21. The number of nitrogens with zero attached hydrogens (tertiary/aromatic N) is 1. The number of rotatable bonds is 4. The Balaban J connectivity index is 2.00. The van der Waals surface area contributed by atoms with Gasteiger partial charge in [-0.3, -0.25) is 4.90 Å². The fourth-order valence-electron chi connectivity index (χ4n) is 2.50. The zero-order chi connectivity index (χ0) is 13.8. The van der Waals surface area contributed by atoms with E-state index in [1.165, 1.54) is 12.0 Å². The van der Waals surface area contributed by atoms with E-state index in [2.05, 4.69) is 33.0 Å². The second kappa shape index (κ2) is 6.68. The molecule has 1 fully saturated rings. The molecule has 1 heterocycles. The number of ether oxygens (including phenoxy) is 1. The van der Waals surface area contributed by atoms with E-state index in [0.717, 1.165) is 36.3 Å². The quantitative estimate of drug-likeness (QED) is 0.853. The molecule has 104 valence electrons. The number of methoxy groups -OCH3 is 1. The van der Waals surface area contributed by atoms with Crippen molar-refractivity contribution in [3.63, 3.8) is 0 Å². The van der Waals surface area contributed by atoms with Gasteiger partial charge < -0.3 is 10.5 Å². The Morgan fingerprint density at radius 3 is 3.00 bits per heavy atom. The lowest BCUT2D eigenvalue weighted by Gasteiger charge is -2.32. The second-order valence-corrected chi connectivity index (χ2v) is 6.27. The molecule has 0 spiro atoms. The number of thiocarbonyl (C=S) groups is 1. The van der Waals surface area contributed by atoms with Crippen LogP contribution >= 0.6 is 28.1 Å². The number of piperidine rings is 1. The highest BCUT2D eigenvalue weighted by atomic mass is 79.9. The monoisotopic (exact) mass is 342 g/mol. The van der Waals surface area contributed by atoms with Crippen LogP contribution in [0, 0.1) is 5.92 Å². The predicted molar refractivity (Wildman–Crippen MR) is 85.5 cm³/mol. The molecule has 5 heteroatoms. The molecular formula is C14H19BrN2OS. The lowest BCUT2D eigenvalue weighted by Crippen LogP contribution is -2.39. The summed E-state index contributed by atoms with van der Waals surface area (Å²) in [4.78, 5) is 3.07. The van der Waals surface area contributed by atoms with E-state index in [1.807, 2.05) is 6.07 Å². The molecule has 1 saturated heterocycles. The second-order valence-electron chi connectivity index (χ2n) is 4.95. The van der Waals surface area contributed by atoms with E-state index in [-0.39, 0.29) is 0 Å². The van der Waals surface area contributed by atoms with E-state index < -0.39 is 0 Å². The summed E-state index contributed by atoms with van der Waals surface area (Å²) in [5.74, 6) is 1.23. The van der Waals surface area contributed by atoms with Crippen LogP contribution in [-0.4, -0.2) is 30.1 Å². The number of hydrogen-bond donors (Lipinski definition) is 1. The van der Waals surface area contributed by atoms with Gasteiger partial charge in [0.25, 0.3) is 0 Å². The third-order valence-corrected chi connectivity index (χ3v) is 4.48. The minimum atomic E-state index is 0.366. The Hall–Kier alpha value is -0.650. The number of likely N-dealkylation sites (tertiary alicyclic amines) is 1. The normalized spacial score (nSPS) is 20.2. The molecule has 0 bridgehead atoms. The molecule has 0 aromatic heterocycles. The summed E-state index contributed by atoms with van der Waals surface area (Å²) in [6.45, 7) is 3.02. The number of nitrogens with two attached hydrogens (primary N) is 1. The van der Waals surface area contributed by atoms with Crippen molar-refractivity contribution in [3.8, 4) is 5.75 Å². The topological polar surface area (TPSA) is 38.5 Å². The van der Waals surface area contributed by atoms with E-state index >= 15 is 0 Å². The molecule has 1 aliphatic heterocycles. The lowest BCUT2D eigenvalue weighted by atomic mass is 9.97. The molecule has 1 aliphatic rings. The van der Waals surface area contributed by atoms with Crippen LogP contribution in [0.15, 0.2) is 22.7 Å². The maximum atomic E-state index is 5.77. The van der Waals surface area contributed by atoms with Crippen LogP contribution in [0.3, 0.4) is 0 Å². The Bertz CT molecular complexity index is 467. The molecule has 2 N–H and O–H groups in total. The molecule has 1 aromatic rings. The van der Waals surface area contributed by atoms with Gasteiger partial charge in [0, 0.05) is 19.0 Å². The molecule has 1 aromatic carbocycles. The first-order chi connectivity index (χ1) is 9.10. The van der Waals surface area contributed by atoms with E-state index in [9.17, 15) is 0 Å². The summed E-state index contributed by atoms with van der Waals surface area (Å²) >= 11 is 8.64. The van der Waals surface area contributed by atoms with Crippen molar-refractivity contribution in [3.05, 3.63) is 28.2 Å². The standard InChI is InChI=1S/C14H19BrN2OS/c1-18-13-5-4-10(7-12(13)15)8-17-6-2-3-11(9-17)14(16)19/h4-5,7,11H,2-3,6,8-9H2,1H3,(H2,16,19). The average Bonchev–Trinajstić information content (AvgIpc) is 2.39. The molecule has 1 atom stereocenters. The summed E-state index contributed by atoms with van der Waals surface area (Å²) in [6.07, 6.45) is 2.29. The largest absolute Gasteiger partial charge is 0.496 e. The molecular weight excluding hydrogens is 324 g/mol. The van der Waals surface area contributed by atoms with Gasteiger partial charge in [0.2, 0.25) is 0 Å². The number of hydrogen-bond acceptors (Lipinski definition) is 3. The van der Waals surface area contributed by atoms with Crippen molar-refractivity contribution < 1.29 is 4.74 Å². The number of halogens is 1. The van der Waals surface area contributed by atoms with Crippen LogP contribution in [0.4, 0.5) is 0 Å². The molecule has 0 radical (unpaired) electrons. The Labute approximate surface area is 128 Å². The highest BCUT2D eigenvalue weighted by Crippen LogP contribution is 2.27. The van der Waals surface area contributed by atoms with Crippen LogP contribution in [0.1, 0.15) is 18.4 Å². The van der Waals surface area contributed by atoms with E-state index in [0.29, 0.717) is 10.9 Å². The molecule has 0 saturated carbocycles. The van der Waals surface area contributed by atoms with Gasteiger partial charge in [-0.1, -0.05) is 18.3 Å². The van der Waals surface area contributed by atoms with Gasteiger partial charge in [-0.2, -0.15) is 0 Å². The van der Waals surface area contributed by atoms with Gasteiger partial charge in [0.1, 0.15) is 5.75 Å². The van der Waals surface area contributed by atoms with Crippen LogP contribution < -0.4 is 10.5 Å². The first-order valence-electron chi connectivity index (χ1n) is 6.44. The zero-order valence-electron chi connectivity index (χ0n) is 11.1. The molecule has 3 nitrogen and oxygen atoms in total. The first kappa shape index (κ1) is 14.8. The number of benzene rings is 1. The summed E-state index contributed by atoms with van der Waals surface area (Å²) in [5, 5.41) is 0. The highest BCUT2D eigenvalue weighted by molar-refractivity contribution is 9.10. The minimum Gasteiger partial charge on any atom is -0.496 e. The van der Waals surface area contributed by atoms with Crippen molar-refractivity contribution in [1.82, 2.24) is 4.90 Å². The third-order valence-electron chi connectivity index (χ3n) is 3.53. The van der Waals surface area contributed by atoms with Gasteiger partial charge >= 0.3 is 0 Å². The maximum absolute atomic E-state index is 5.77. The fourth-order valence-corrected chi connectivity index (χ4v) is 3.28. The average molecular weight is 343 g/mol. The van der Waals surface area contributed by atoms with Crippen LogP contribution in [0.5, 0.6) is 5.75 Å². The predicted octanol–water partition coefficient (Wildman–Crippen LogP) is 2.96. The van der Waals surface area contributed by atoms with E-state index in [4.69, 9.17) is 22.7 Å². The van der Waals surface area contributed by atoms with Gasteiger partial charge in [0.15, 0.2) is 0 Å². The molecule has 0 amide bonds. The Morgan fingerprint density at radius 1 is 1.58 bits per heavy atom. The Kier molecular flexibility index (Phi) is 5.19. The SMILES string of the molecule is COc1ccc(CN2CCCC(C(N)=S)C2)cc1Br. The summed E-state index contributed by atoms with van der Waals surface area (Å²) < 4.78 is 6.24. The molecule has 1 unspecified atom stereocenters. The summed E-state index contributed by atoms with van der Waals surface area (Å²) in [5.41, 5.74) is 7.04. The van der Waals surface area contributed by atoms with Gasteiger partial charge in [-0.15, -0.1) is 0 Å². The lowest BCUT2D eigenvalue weighted by molar-refractivity contribution is 0.197. The third kappa shape index (κ3) is 3.91. The van der Waals surface area contributed by atoms with Gasteiger partial charge in [-0.25, -0.2) is 0 Å². The van der Waals surface area contributed by atoms with Crippen molar-refractivity contribution in [2.24, 2.45) is 11.7 Å². The van der Waals surface area contributed by atoms with Crippen LogP contribution in [0.25, 0.3) is 0 Å². The van der Waals surface area contributed by atoms with Crippen molar-refractivity contribution in [1.29, 1.82) is 0 Å². The fraction of sp³-hybridized carbons (Fsp3) is 0.500. The van der Waals surface area contributed by atoms with Crippen LogP contribution in [-0.2, 0) is 6.54 Å². The Morgan fingerprint density at radius 2 is 2.37 bits per heavy atom. The van der Waals surface area contributed by atoms with Crippen LogP contribution in [0.2, 0.25) is 0 Å². The smallest absolute Gasteiger partial charge is 0.133 e. The van der Waals surface area contributed by atoms with Crippen molar-refractivity contribution in [2.75, 3.05) is 20.2 Å². The minimum absolute atomic E-state index is 0.366.